The van der Waals surface area contributed by atoms with E-state index in [2.05, 4.69) is 167 Å². The van der Waals surface area contributed by atoms with Crippen LogP contribution in [0.25, 0.3) is 145 Å². The van der Waals surface area contributed by atoms with Crippen LogP contribution in [0.1, 0.15) is 22.3 Å². The van der Waals surface area contributed by atoms with Gasteiger partial charge in [-0.1, -0.05) is 152 Å². The standard InChI is InChI=1S/C80H46N8/c81-47-51-12-7-20-57(36-51)61-26-31-76-69(41-61)70-42-62(58-21-8-13-52(37-58)48-82)27-32-77(70)87(76)67-25-11-24-65(40-67)68-45-66(74-46-73(55-16-3-1-4-17-55)85-80(86-74)56-18-5-2-6-19-56)30-35-75(68)88-78-33-28-63(59-22-9-14-53(38-59)49-83)43-71(78)72-44-64(29-34-79(72)88)60-23-10-15-54(39-60)50-84/h1-46H. The van der Waals surface area contributed by atoms with Gasteiger partial charge in [-0.15, -0.1) is 0 Å². The molecule has 0 aliphatic heterocycles. The number of hydrogen-bond acceptors (Lipinski definition) is 6. The van der Waals surface area contributed by atoms with Gasteiger partial charge in [-0.05, 0) is 177 Å². The first-order valence-electron chi connectivity index (χ1n) is 28.8. The van der Waals surface area contributed by atoms with Gasteiger partial charge in [0, 0.05) is 49.5 Å². The Morgan fingerprint density at radius 2 is 0.602 bits per heavy atom. The third-order valence-electron chi connectivity index (χ3n) is 16.6. The molecule has 0 fully saturated rings. The van der Waals surface area contributed by atoms with Gasteiger partial charge in [-0.2, -0.15) is 21.0 Å². The Labute approximate surface area is 507 Å². The van der Waals surface area contributed by atoms with Gasteiger partial charge in [0.15, 0.2) is 5.82 Å². The van der Waals surface area contributed by atoms with Crippen molar-refractivity contribution in [3.8, 4) is 125 Å². The first kappa shape index (κ1) is 52.1. The van der Waals surface area contributed by atoms with E-state index in [1.54, 1.807) is 0 Å². The van der Waals surface area contributed by atoms with Crippen molar-refractivity contribution in [1.29, 1.82) is 21.0 Å². The molecule has 12 aromatic carbocycles. The Balaban J connectivity index is 0.983. The number of rotatable bonds is 10. The zero-order valence-electron chi connectivity index (χ0n) is 47.1. The summed E-state index contributed by atoms with van der Waals surface area (Å²) in [5.74, 6) is 0.618. The zero-order chi connectivity index (χ0) is 59.2. The average Bonchev–Trinajstić information content (AvgIpc) is 1.81. The monoisotopic (exact) mass is 1120 g/mol. The van der Waals surface area contributed by atoms with Crippen molar-refractivity contribution < 1.29 is 0 Å². The third-order valence-corrected chi connectivity index (χ3v) is 16.6. The highest BCUT2D eigenvalue weighted by molar-refractivity contribution is 6.13. The topological polar surface area (TPSA) is 131 Å². The van der Waals surface area contributed by atoms with E-state index in [1.165, 1.54) is 0 Å². The van der Waals surface area contributed by atoms with Crippen LogP contribution < -0.4 is 0 Å². The minimum absolute atomic E-state index is 0.585. The Bertz CT molecular complexity index is 5220. The molecule has 0 amide bonds. The highest BCUT2D eigenvalue weighted by atomic mass is 15.0. The number of benzene rings is 12. The van der Waals surface area contributed by atoms with Crippen LogP contribution in [0.15, 0.2) is 279 Å². The summed E-state index contributed by atoms with van der Waals surface area (Å²) in [7, 11) is 0. The highest BCUT2D eigenvalue weighted by Crippen LogP contribution is 2.44. The molecular weight excluding hydrogens is 1070 g/mol. The van der Waals surface area contributed by atoms with Crippen molar-refractivity contribution in [1.82, 2.24) is 19.1 Å². The fraction of sp³-hybridized carbons (Fsp3) is 0. The minimum atomic E-state index is 0.585. The van der Waals surface area contributed by atoms with Crippen LogP contribution in [0.4, 0.5) is 0 Å². The molecular formula is C80H46N8. The molecule has 406 valence electrons. The Morgan fingerprint density at radius 3 is 1.03 bits per heavy atom. The maximum Gasteiger partial charge on any atom is 0.160 e. The van der Waals surface area contributed by atoms with Gasteiger partial charge in [0.1, 0.15) is 0 Å². The lowest BCUT2D eigenvalue weighted by Gasteiger charge is -2.18. The second-order valence-electron chi connectivity index (χ2n) is 21.8. The van der Waals surface area contributed by atoms with E-state index >= 15 is 0 Å². The molecule has 0 aliphatic rings. The molecule has 0 spiro atoms. The fourth-order valence-corrected chi connectivity index (χ4v) is 12.4. The van der Waals surface area contributed by atoms with E-state index in [0.717, 1.165) is 139 Å². The number of fused-ring (bicyclic) bond motifs is 6. The largest absolute Gasteiger partial charge is 0.309 e. The summed E-state index contributed by atoms with van der Waals surface area (Å²) in [4.78, 5) is 10.5. The van der Waals surface area contributed by atoms with Crippen LogP contribution >= 0.6 is 0 Å². The van der Waals surface area contributed by atoms with Crippen molar-refractivity contribution in [3.63, 3.8) is 0 Å². The molecule has 3 aromatic heterocycles. The lowest BCUT2D eigenvalue weighted by molar-refractivity contribution is 1.16. The SMILES string of the molecule is N#Cc1cccc(-c2ccc3c(c2)c2cc(-c4cccc(C#N)c4)ccc2n3-c2cccc(-c3cc(-c4cc(-c5ccccc5)nc(-c5ccccc5)n4)ccc3-n3c4ccc(-c5cccc(C#N)c5)cc4c4cc(-c5cccc(C#N)c5)ccc43)c2)c1. The maximum atomic E-state index is 9.97. The summed E-state index contributed by atoms with van der Waals surface area (Å²) in [5, 5.41) is 43.9. The van der Waals surface area contributed by atoms with Crippen molar-refractivity contribution in [2.75, 3.05) is 0 Å². The van der Waals surface area contributed by atoms with E-state index in [0.29, 0.717) is 28.1 Å². The summed E-state index contributed by atoms with van der Waals surface area (Å²) < 4.78 is 4.69. The molecule has 8 nitrogen and oxygen atoms in total. The van der Waals surface area contributed by atoms with Crippen molar-refractivity contribution in [2.45, 2.75) is 0 Å². The van der Waals surface area contributed by atoms with Gasteiger partial charge in [0.2, 0.25) is 0 Å². The second kappa shape index (κ2) is 21.8. The Hall–Kier alpha value is -12.7. The lowest BCUT2D eigenvalue weighted by atomic mass is 9.97. The van der Waals surface area contributed by atoms with Crippen LogP contribution in [0.3, 0.4) is 0 Å². The van der Waals surface area contributed by atoms with Crippen molar-refractivity contribution >= 4 is 43.6 Å². The normalized spacial score (nSPS) is 11.1. The van der Waals surface area contributed by atoms with E-state index < -0.39 is 0 Å². The van der Waals surface area contributed by atoms with Gasteiger partial charge >= 0.3 is 0 Å². The van der Waals surface area contributed by atoms with E-state index in [4.69, 9.17) is 9.97 Å². The van der Waals surface area contributed by atoms with Crippen molar-refractivity contribution in [3.05, 3.63) is 301 Å². The van der Waals surface area contributed by atoms with E-state index in [9.17, 15) is 21.0 Å². The van der Waals surface area contributed by atoms with Crippen molar-refractivity contribution in [2.24, 2.45) is 0 Å². The molecule has 0 atom stereocenters. The van der Waals surface area contributed by atoms with E-state index in [-0.39, 0.29) is 0 Å². The summed E-state index contributed by atoms with van der Waals surface area (Å²) in [6.07, 6.45) is 0. The predicted molar refractivity (Wildman–Crippen MR) is 353 cm³/mol. The summed E-state index contributed by atoms with van der Waals surface area (Å²) >= 11 is 0. The van der Waals surface area contributed by atoms with Crippen LogP contribution in [0.2, 0.25) is 0 Å². The quantitative estimate of drug-likeness (QED) is 0.134. The molecule has 88 heavy (non-hydrogen) atoms. The van der Waals surface area contributed by atoms with E-state index in [1.807, 2.05) is 146 Å². The van der Waals surface area contributed by atoms with Crippen LogP contribution in [0.5, 0.6) is 0 Å². The zero-order valence-corrected chi connectivity index (χ0v) is 47.1. The molecule has 0 saturated carbocycles. The number of nitrogens with zero attached hydrogens (tertiary/aromatic N) is 8. The Morgan fingerprint density at radius 1 is 0.250 bits per heavy atom. The van der Waals surface area contributed by atoms with Gasteiger partial charge < -0.3 is 9.13 Å². The molecule has 8 heteroatoms. The Kier molecular flexibility index (Phi) is 12.9. The van der Waals surface area contributed by atoms with Crippen LogP contribution in [-0.4, -0.2) is 19.1 Å². The summed E-state index contributed by atoms with van der Waals surface area (Å²) in [6, 6.07) is 104. The summed E-state index contributed by atoms with van der Waals surface area (Å²) in [6.45, 7) is 0. The van der Waals surface area contributed by atoms with Gasteiger partial charge in [-0.3, -0.25) is 0 Å². The van der Waals surface area contributed by atoms with Gasteiger partial charge in [0.05, 0.1) is 85.7 Å². The van der Waals surface area contributed by atoms with Gasteiger partial charge in [-0.25, -0.2) is 9.97 Å². The fourth-order valence-electron chi connectivity index (χ4n) is 12.4. The van der Waals surface area contributed by atoms with Crippen LogP contribution in [-0.2, 0) is 0 Å². The summed E-state index contributed by atoms with van der Waals surface area (Å²) in [5.41, 5.74) is 22.2. The molecule has 0 unspecified atom stereocenters. The van der Waals surface area contributed by atoms with Crippen LogP contribution in [0, 0.1) is 45.3 Å². The first-order valence-corrected chi connectivity index (χ1v) is 28.8. The van der Waals surface area contributed by atoms with Gasteiger partial charge in [0.25, 0.3) is 0 Å². The molecule has 15 rings (SSSR count). The molecule has 0 aliphatic carbocycles. The number of hydrogen-bond donors (Lipinski definition) is 0. The molecule has 0 N–H and O–H groups in total. The lowest BCUT2D eigenvalue weighted by Crippen LogP contribution is -2.00. The molecule has 0 radical (unpaired) electrons. The molecule has 0 saturated heterocycles. The first-order chi connectivity index (χ1) is 43.4. The average molecular weight is 1120 g/mol. The number of nitriles is 4. The highest BCUT2D eigenvalue weighted by Gasteiger charge is 2.22. The number of aromatic nitrogens is 4. The second-order valence-corrected chi connectivity index (χ2v) is 21.8. The predicted octanol–water partition coefficient (Wildman–Crippen LogP) is 19.5. The third kappa shape index (κ3) is 9.36. The molecule has 3 heterocycles. The molecule has 15 aromatic rings. The smallest absolute Gasteiger partial charge is 0.160 e. The molecule has 0 bridgehead atoms. The minimum Gasteiger partial charge on any atom is -0.309 e. The maximum absolute atomic E-state index is 9.97.